The fourth-order valence-corrected chi connectivity index (χ4v) is 5.39. The molecule has 0 heterocycles. The SMILES string of the molecule is COc1ccc(-c2c(-c3ccc(Cl)c(C(F)(F)F)c3)c(Cl)c(F)c(-c3ccc(F)c(C)c3)c2-c2ccccc2)cc1. The maximum absolute atomic E-state index is 16.5. The molecule has 0 bridgehead atoms. The number of halogens is 7. The second-order valence-corrected chi connectivity index (χ2v) is 10.2. The van der Waals surface area contributed by atoms with Crippen molar-refractivity contribution < 1.29 is 26.7 Å². The first kappa shape index (κ1) is 28.7. The minimum absolute atomic E-state index is 0.0236. The first-order valence-electron chi connectivity index (χ1n) is 12.4. The maximum Gasteiger partial charge on any atom is 0.417 e. The van der Waals surface area contributed by atoms with E-state index in [1.54, 1.807) is 61.5 Å². The molecule has 0 fully saturated rings. The van der Waals surface area contributed by atoms with E-state index in [0.29, 0.717) is 39.1 Å². The zero-order valence-electron chi connectivity index (χ0n) is 21.7. The van der Waals surface area contributed by atoms with Crippen LogP contribution in [-0.4, -0.2) is 7.11 Å². The van der Waals surface area contributed by atoms with Gasteiger partial charge < -0.3 is 4.74 Å². The van der Waals surface area contributed by atoms with Crippen molar-refractivity contribution in [3.63, 3.8) is 0 Å². The molecule has 8 heteroatoms. The molecule has 0 N–H and O–H groups in total. The van der Waals surface area contributed by atoms with Gasteiger partial charge in [-0.15, -0.1) is 0 Å². The second kappa shape index (κ2) is 11.2. The predicted molar refractivity (Wildman–Crippen MR) is 154 cm³/mol. The Hall–Kier alpha value is -3.87. The first-order valence-corrected chi connectivity index (χ1v) is 13.1. The van der Waals surface area contributed by atoms with Crippen LogP contribution in [0.25, 0.3) is 44.5 Å². The molecule has 0 aliphatic carbocycles. The van der Waals surface area contributed by atoms with Gasteiger partial charge in [0.25, 0.3) is 0 Å². The summed E-state index contributed by atoms with van der Waals surface area (Å²) in [5, 5.41) is -0.881. The zero-order chi connectivity index (χ0) is 29.5. The van der Waals surface area contributed by atoms with Crippen molar-refractivity contribution in [3.05, 3.63) is 124 Å². The Morgan fingerprint density at radius 2 is 1.20 bits per heavy atom. The predicted octanol–water partition coefficient (Wildman–Crippen LogP) is 11.3. The lowest BCUT2D eigenvalue weighted by molar-refractivity contribution is -0.137. The normalized spacial score (nSPS) is 11.5. The van der Waals surface area contributed by atoms with Gasteiger partial charge in [-0.1, -0.05) is 77.8 Å². The summed E-state index contributed by atoms with van der Waals surface area (Å²) in [7, 11) is 1.51. The summed E-state index contributed by atoms with van der Waals surface area (Å²) < 4.78 is 77.8. The average molecular weight is 599 g/mol. The molecule has 0 amide bonds. The fourth-order valence-electron chi connectivity index (χ4n) is 4.87. The number of hydrogen-bond donors (Lipinski definition) is 0. The standard InChI is InChI=1S/C33H21Cl2F5O/c1-18-16-21(11-15-26(18)36)30-28(19-6-4-3-5-7-19)27(20-8-12-23(41-2)13-9-20)29(31(35)32(30)37)22-10-14-25(34)24(17-22)33(38,39)40/h3-17H,1-2H3. The monoisotopic (exact) mass is 598 g/mol. The molecule has 5 aromatic rings. The van der Waals surface area contributed by atoms with E-state index < -0.39 is 28.4 Å². The van der Waals surface area contributed by atoms with Gasteiger partial charge in [0.05, 0.1) is 22.7 Å². The third-order valence-corrected chi connectivity index (χ3v) is 7.51. The van der Waals surface area contributed by atoms with E-state index in [1.165, 1.54) is 31.4 Å². The van der Waals surface area contributed by atoms with Crippen LogP contribution in [0, 0.1) is 18.6 Å². The third kappa shape index (κ3) is 5.42. The van der Waals surface area contributed by atoms with Crippen LogP contribution >= 0.6 is 23.2 Å². The summed E-state index contributed by atoms with van der Waals surface area (Å²) in [4.78, 5) is 0. The van der Waals surface area contributed by atoms with Gasteiger partial charge in [-0.3, -0.25) is 0 Å². The molecule has 5 rings (SSSR count). The molecular formula is C33H21Cl2F5O. The van der Waals surface area contributed by atoms with Gasteiger partial charge in [-0.2, -0.15) is 13.2 Å². The van der Waals surface area contributed by atoms with E-state index in [0.717, 1.165) is 12.1 Å². The third-order valence-electron chi connectivity index (χ3n) is 6.83. The van der Waals surface area contributed by atoms with Crippen LogP contribution in [0.5, 0.6) is 5.75 Å². The highest BCUT2D eigenvalue weighted by Gasteiger charge is 2.35. The Kier molecular flexibility index (Phi) is 7.82. The molecule has 0 radical (unpaired) electrons. The van der Waals surface area contributed by atoms with Gasteiger partial charge in [-0.25, -0.2) is 8.78 Å². The number of rotatable bonds is 5. The van der Waals surface area contributed by atoms with Crippen molar-refractivity contribution >= 4 is 23.2 Å². The van der Waals surface area contributed by atoms with E-state index in [1.807, 2.05) is 0 Å². The molecule has 208 valence electrons. The average Bonchev–Trinajstić information content (AvgIpc) is 2.96. The molecule has 0 aromatic heterocycles. The smallest absolute Gasteiger partial charge is 0.417 e. The van der Waals surface area contributed by atoms with Crippen LogP contribution in [0.3, 0.4) is 0 Å². The second-order valence-electron chi connectivity index (χ2n) is 9.38. The largest absolute Gasteiger partial charge is 0.497 e. The summed E-state index contributed by atoms with van der Waals surface area (Å²) in [6, 6.07) is 23.2. The number of hydrogen-bond acceptors (Lipinski definition) is 1. The Morgan fingerprint density at radius 1 is 0.634 bits per heavy atom. The van der Waals surface area contributed by atoms with Crippen LogP contribution in [0.4, 0.5) is 22.0 Å². The topological polar surface area (TPSA) is 9.23 Å². The number of benzene rings is 5. The molecule has 0 saturated carbocycles. The quantitative estimate of drug-likeness (QED) is 0.183. The fraction of sp³-hybridized carbons (Fsp3) is 0.0909. The van der Waals surface area contributed by atoms with Gasteiger partial charge in [0.1, 0.15) is 11.6 Å². The van der Waals surface area contributed by atoms with Crippen LogP contribution < -0.4 is 4.74 Å². The lowest BCUT2D eigenvalue weighted by atomic mass is 9.82. The molecule has 1 nitrogen and oxygen atoms in total. The lowest BCUT2D eigenvalue weighted by Crippen LogP contribution is -2.06. The van der Waals surface area contributed by atoms with Crippen LogP contribution in [-0.2, 0) is 6.18 Å². The number of aryl methyl sites for hydroxylation is 1. The van der Waals surface area contributed by atoms with E-state index >= 15 is 4.39 Å². The maximum atomic E-state index is 16.5. The summed E-state index contributed by atoms with van der Waals surface area (Å²) in [6.07, 6.45) is -4.76. The molecule has 0 aliphatic heterocycles. The molecule has 0 spiro atoms. The molecule has 0 aliphatic rings. The van der Waals surface area contributed by atoms with Crippen LogP contribution in [0.1, 0.15) is 11.1 Å². The van der Waals surface area contributed by atoms with Crippen molar-refractivity contribution in [2.45, 2.75) is 13.1 Å². The van der Waals surface area contributed by atoms with Gasteiger partial charge in [0.2, 0.25) is 0 Å². The van der Waals surface area contributed by atoms with E-state index in [4.69, 9.17) is 27.9 Å². The number of methoxy groups -OCH3 is 1. The van der Waals surface area contributed by atoms with E-state index in [9.17, 15) is 17.6 Å². The summed E-state index contributed by atoms with van der Waals surface area (Å²) in [5.74, 6) is -0.772. The van der Waals surface area contributed by atoms with Gasteiger partial charge in [0, 0.05) is 16.7 Å². The van der Waals surface area contributed by atoms with Crippen molar-refractivity contribution in [1.29, 1.82) is 0 Å². The number of alkyl halides is 3. The highest BCUT2D eigenvalue weighted by molar-refractivity contribution is 6.35. The summed E-state index contributed by atoms with van der Waals surface area (Å²) in [5.41, 5.74) is 1.63. The van der Waals surface area contributed by atoms with E-state index in [-0.39, 0.29) is 21.7 Å². The highest BCUT2D eigenvalue weighted by atomic mass is 35.5. The summed E-state index contributed by atoms with van der Waals surface area (Å²) >= 11 is 12.7. The zero-order valence-corrected chi connectivity index (χ0v) is 23.2. The minimum atomic E-state index is -4.76. The molecule has 0 saturated heterocycles. The molecular weight excluding hydrogens is 578 g/mol. The van der Waals surface area contributed by atoms with Crippen molar-refractivity contribution in [1.82, 2.24) is 0 Å². The van der Waals surface area contributed by atoms with Gasteiger partial charge in [-0.05, 0) is 76.7 Å². The van der Waals surface area contributed by atoms with Crippen molar-refractivity contribution in [2.24, 2.45) is 0 Å². The lowest BCUT2D eigenvalue weighted by Gasteiger charge is -2.24. The Bertz CT molecular complexity index is 1750. The van der Waals surface area contributed by atoms with Crippen LogP contribution in [0.15, 0.2) is 91.0 Å². The Balaban J connectivity index is 1.99. The van der Waals surface area contributed by atoms with Gasteiger partial charge in [0.15, 0.2) is 5.82 Å². The Labute approximate surface area is 243 Å². The minimum Gasteiger partial charge on any atom is -0.497 e. The van der Waals surface area contributed by atoms with E-state index in [2.05, 4.69) is 0 Å². The highest BCUT2D eigenvalue weighted by Crippen LogP contribution is 2.52. The molecule has 0 unspecified atom stereocenters. The first-order chi connectivity index (χ1) is 19.5. The summed E-state index contributed by atoms with van der Waals surface area (Å²) in [6.45, 7) is 1.56. The van der Waals surface area contributed by atoms with Gasteiger partial charge >= 0.3 is 6.18 Å². The molecule has 0 atom stereocenters. The Morgan fingerprint density at radius 3 is 1.80 bits per heavy atom. The molecule has 41 heavy (non-hydrogen) atoms. The molecule has 5 aromatic carbocycles. The van der Waals surface area contributed by atoms with Crippen LogP contribution in [0.2, 0.25) is 10.0 Å². The van der Waals surface area contributed by atoms with Crippen molar-refractivity contribution in [3.8, 4) is 50.3 Å². The number of ether oxygens (including phenoxy) is 1. The van der Waals surface area contributed by atoms with Crippen molar-refractivity contribution in [2.75, 3.05) is 7.11 Å².